The van der Waals surface area contributed by atoms with E-state index in [-0.39, 0.29) is 0 Å². The molecule has 0 aliphatic heterocycles. The SMILES string of the molecule is C(=C/Cc1ccccc1)/CCc1ccccc1. The van der Waals surface area contributed by atoms with Crippen LogP contribution in [0.3, 0.4) is 0 Å². The first-order chi connectivity index (χ1) is 8.45. The van der Waals surface area contributed by atoms with Gasteiger partial charge in [-0.3, -0.25) is 0 Å². The van der Waals surface area contributed by atoms with Crippen LogP contribution >= 0.6 is 0 Å². The standard InChI is InChI=1S/C17H18/c1-4-10-16(11-5-1)14-8-3-9-15-17-12-6-2-7-13-17/h1-8,10-13H,9,14-15H2/b8-3-. The quantitative estimate of drug-likeness (QED) is 0.657. The monoisotopic (exact) mass is 222 g/mol. The van der Waals surface area contributed by atoms with Crippen LogP contribution in [0.2, 0.25) is 0 Å². The first kappa shape index (κ1) is 11.7. The summed E-state index contributed by atoms with van der Waals surface area (Å²) in [7, 11) is 0. The van der Waals surface area contributed by atoms with E-state index in [1.807, 2.05) is 0 Å². The number of hydrogen-bond donors (Lipinski definition) is 0. The number of rotatable bonds is 5. The lowest BCUT2D eigenvalue weighted by Crippen LogP contribution is -1.82. The van der Waals surface area contributed by atoms with E-state index in [0.717, 1.165) is 19.3 Å². The van der Waals surface area contributed by atoms with E-state index >= 15 is 0 Å². The third-order valence-electron chi connectivity index (χ3n) is 2.81. The highest BCUT2D eigenvalue weighted by Crippen LogP contribution is 2.04. The Balaban J connectivity index is 1.72. The van der Waals surface area contributed by atoms with Crippen molar-refractivity contribution in [2.24, 2.45) is 0 Å². The van der Waals surface area contributed by atoms with E-state index < -0.39 is 0 Å². The van der Waals surface area contributed by atoms with Gasteiger partial charge in [-0.2, -0.15) is 0 Å². The Labute approximate surface area is 104 Å². The van der Waals surface area contributed by atoms with Crippen molar-refractivity contribution < 1.29 is 0 Å². The van der Waals surface area contributed by atoms with E-state index in [1.165, 1.54) is 11.1 Å². The van der Waals surface area contributed by atoms with E-state index in [1.54, 1.807) is 0 Å². The summed E-state index contributed by atoms with van der Waals surface area (Å²) >= 11 is 0. The van der Waals surface area contributed by atoms with Gasteiger partial charge < -0.3 is 0 Å². The summed E-state index contributed by atoms with van der Waals surface area (Å²) < 4.78 is 0. The minimum Gasteiger partial charge on any atom is -0.0879 e. The summed E-state index contributed by atoms with van der Waals surface area (Å²) in [5.74, 6) is 0. The molecule has 0 bridgehead atoms. The molecule has 2 rings (SSSR count). The molecule has 0 aromatic heterocycles. The molecule has 0 fully saturated rings. The van der Waals surface area contributed by atoms with Gasteiger partial charge in [-0.15, -0.1) is 0 Å². The zero-order valence-corrected chi connectivity index (χ0v) is 10.0. The highest BCUT2D eigenvalue weighted by molar-refractivity contribution is 5.18. The third-order valence-corrected chi connectivity index (χ3v) is 2.81. The maximum absolute atomic E-state index is 2.28. The van der Waals surface area contributed by atoms with Gasteiger partial charge in [-0.05, 0) is 30.4 Å². The Bertz CT molecular complexity index is 440. The zero-order chi connectivity index (χ0) is 11.8. The molecule has 0 radical (unpaired) electrons. The Morgan fingerprint density at radius 3 is 1.88 bits per heavy atom. The second-order valence-electron chi connectivity index (χ2n) is 4.19. The van der Waals surface area contributed by atoms with Crippen molar-refractivity contribution in [1.82, 2.24) is 0 Å². The van der Waals surface area contributed by atoms with Gasteiger partial charge in [0.1, 0.15) is 0 Å². The first-order valence-electron chi connectivity index (χ1n) is 6.18. The van der Waals surface area contributed by atoms with Crippen molar-refractivity contribution in [3.8, 4) is 0 Å². The molecule has 0 N–H and O–H groups in total. The fourth-order valence-corrected chi connectivity index (χ4v) is 1.85. The van der Waals surface area contributed by atoms with Gasteiger partial charge in [0.15, 0.2) is 0 Å². The summed E-state index contributed by atoms with van der Waals surface area (Å²) in [5, 5.41) is 0. The Hall–Kier alpha value is -1.82. The van der Waals surface area contributed by atoms with Crippen LogP contribution in [0.4, 0.5) is 0 Å². The van der Waals surface area contributed by atoms with Gasteiger partial charge in [-0.25, -0.2) is 0 Å². The molecule has 86 valence electrons. The molecule has 0 spiro atoms. The first-order valence-corrected chi connectivity index (χ1v) is 6.18. The maximum Gasteiger partial charge on any atom is -0.00975 e. The van der Waals surface area contributed by atoms with Crippen molar-refractivity contribution in [3.63, 3.8) is 0 Å². The molecular weight excluding hydrogens is 204 g/mol. The van der Waals surface area contributed by atoms with Crippen LogP contribution in [0.5, 0.6) is 0 Å². The van der Waals surface area contributed by atoms with Gasteiger partial charge in [0.25, 0.3) is 0 Å². The molecule has 0 aliphatic rings. The van der Waals surface area contributed by atoms with Gasteiger partial charge >= 0.3 is 0 Å². The maximum atomic E-state index is 2.28. The largest absolute Gasteiger partial charge is 0.0879 e. The van der Waals surface area contributed by atoms with E-state index in [4.69, 9.17) is 0 Å². The second-order valence-corrected chi connectivity index (χ2v) is 4.19. The number of aryl methyl sites for hydroxylation is 1. The zero-order valence-electron chi connectivity index (χ0n) is 10.0. The molecular formula is C17H18. The fraction of sp³-hybridized carbons (Fsp3) is 0.176. The number of allylic oxidation sites excluding steroid dienone is 2. The van der Waals surface area contributed by atoms with Gasteiger partial charge in [0, 0.05) is 0 Å². The van der Waals surface area contributed by atoms with Gasteiger partial charge in [0.05, 0.1) is 0 Å². The van der Waals surface area contributed by atoms with Crippen LogP contribution in [0.25, 0.3) is 0 Å². The van der Waals surface area contributed by atoms with Crippen molar-refractivity contribution in [2.45, 2.75) is 19.3 Å². The molecule has 0 saturated carbocycles. The average molecular weight is 222 g/mol. The fourth-order valence-electron chi connectivity index (χ4n) is 1.85. The predicted molar refractivity (Wildman–Crippen MR) is 74.0 cm³/mol. The summed E-state index contributed by atoms with van der Waals surface area (Å²) in [6.07, 6.45) is 7.83. The minimum atomic E-state index is 1.04. The summed E-state index contributed by atoms with van der Waals surface area (Å²) in [6, 6.07) is 21.2. The van der Waals surface area contributed by atoms with Gasteiger partial charge in [-0.1, -0.05) is 72.8 Å². The molecule has 0 nitrogen and oxygen atoms in total. The van der Waals surface area contributed by atoms with Crippen LogP contribution < -0.4 is 0 Å². The molecule has 0 atom stereocenters. The lowest BCUT2D eigenvalue weighted by molar-refractivity contribution is 0.994. The smallest absolute Gasteiger partial charge is 0.00975 e. The van der Waals surface area contributed by atoms with Crippen LogP contribution in [0.1, 0.15) is 17.5 Å². The number of hydrogen-bond acceptors (Lipinski definition) is 0. The molecule has 0 amide bonds. The molecule has 0 unspecified atom stereocenters. The molecule has 2 aromatic rings. The average Bonchev–Trinajstić information content (AvgIpc) is 2.41. The summed E-state index contributed by atoms with van der Waals surface area (Å²) in [6.45, 7) is 0. The lowest BCUT2D eigenvalue weighted by Gasteiger charge is -1.97. The summed E-state index contributed by atoms with van der Waals surface area (Å²) in [5.41, 5.74) is 2.79. The molecule has 17 heavy (non-hydrogen) atoms. The Kier molecular flexibility index (Phi) is 4.59. The van der Waals surface area contributed by atoms with E-state index in [0.29, 0.717) is 0 Å². The van der Waals surface area contributed by atoms with E-state index in [9.17, 15) is 0 Å². The predicted octanol–water partition coefficient (Wildman–Crippen LogP) is 4.42. The van der Waals surface area contributed by atoms with E-state index in [2.05, 4.69) is 72.8 Å². The van der Waals surface area contributed by atoms with Crippen molar-refractivity contribution >= 4 is 0 Å². The molecule has 0 saturated heterocycles. The van der Waals surface area contributed by atoms with Crippen LogP contribution in [0.15, 0.2) is 72.8 Å². The lowest BCUT2D eigenvalue weighted by atomic mass is 10.1. The summed E-state index contributed by atoms with van der Waals surface area (Å²) in [4.78, 5) is 0. The second kappa shape index (κ2) is 6.70. The van der Waals surface area contributed by atoms with Crippen molar-refractivity contribution in [1.29, 1.82) is 0 Å². The Morgan fingerprint density at radius 1 is 0.647 bits per heavy atom. The van der Waals surface area contributed by atoms with Crippen LogP contribution in [0, 0.1) is 0 Å². The molecule has 0 heteroatoms. The molecule has 0 aliphatic carbocycles. The minimum absolute atomic E-state index is 1.04. The highest BCUT2D eigenvalue weighted by Gasteiger charge is 1.89. The third kappa shape index (κ3) is 4.28. The van der Waals surface area contributed by atoms with Crippen LogP contribution in [-0.4, -0.2) is 0 Å². The highest BCUT2D eigenvalue weighted by atomic mass is 13.9. The number of benzene rings is 2. The normalized spacial score (nSPS) is 10.8. The van der Waals surface area contributed by atoms with Crippen molar-refractivity contribution in [3.05, 3.63) is 83.9 Å². The van der Waals surface area contributed by atoms with Gasteiger partial charge in [0.2, 0.25) is 0 Å². The molecule has 0 heterocycles. The van der Waals surface area contributed by atoms with Crippen molar-refractivity contribution in [2.75, 3.05) is 0 Å². The Morgan fingerprint density at radius 2 is 1.24 bits per heavy atom. The molecule has 2 aromatic carbocycles. The van der Waals surface area contributed by atoms with Crippen LogP contribution in [-0.2, 0) is 12.8 Å². The topological polar surface area (TPSA) is 0 Å².